The first kappa shape index (κ1) is 15.1. The van der Waals surface area contributed by atoms with Gasteiger partial charge in [-0.15, -0.1) is 10.2 Å². The van der Waals surface area contributed by atoms with Crippen molar-refractivity contribution in [3.05, 3.63) is 34.6 Å². The first-order valence-corrected chi connectivity index (χ1v) is 8.07. The van der Waals surface area contributed by atoms with Gasteiger partial charge in [-0.2, -0.15) is 0 Å². The maximum Gasteiger partial charge on any atom is 0.254 e. The molecule has 0 radical (unpaired) electrons. The number of hydrogen-bond acceptors (Lipinski definition) is 5. The monoisotopic (exact) mass is 320 g/mol. The van der Waals surface area contributed by atoms with Gasteiger partial charge in [0.2, 0.25) is 0 Å². The second-order valence-electron chi connectivity index (χ2n) is 5.34. The molecule has 1 saturated heterocycles. The van der Waals surface area contributed by atoms with Crippen LogP contribution in [0.4, 0.5) is 4.39 Å². The van der Waals surface area contributed by atoms with E-state index in [-0.39, 0.29) is 17.5 Å². The predicted octanol–water partition coefficient (Wildman–Crippen LogP) is 2.13. The predicted molar refractivity (Wildman–Crippen MR) is 83.4 cm³/mol. The molecule has 1 fully saturated rings. The SMILES string of the molecule is Cc1nnc(-c2ccc(C(=O)N[C@@H]3CCCNC3)c(F)c2)s1. The van der Waals surface area contributed by atoms with Crippen molar-refractivity contribution in [3.8, 4) is 10.6 Å². The number of benzene rings is 1. The maximum atomic E-state index is 14.2. The van der Waals surface area contributed by atoms with E-state index in [4.69, 9.17) is 0 Å². The highest BCUT2D eigenvalue weighted by Gasteiger charge is 2.19. The number of rotatable bonds is 3. The van der Waals surface area contributed by atoms with Gasteiger partial charge in [0.1, 0.15) is 15.8 Å². The number of carbonyl (C=O) groups excluding carboxylic acids is 1. The largest absolute Gasteiger partial charge is 0.348 e. The summed E-state index contributed by atoms with van der Waals surface area (Å²) >= 11 is 1.39. The van der Waals surface area contributed by atoms with Gasteiger partial charge in [-0.05, 0) is 38.4 Å². The molecule has 2 N–H and O–H groups in total. The van der Waals surface area contributed by atoms with E-state index in [9.17, 15) is 9.18 Å². The zero-order chi connectivity index (χ0) is 15.5. The van der Waals surface area contributed by atoms with Gasteiger partial charge < -0.3 is 10.6 Å². The van der Waals surface area contributed by atoms with Crippen LogP contribution in [0.3, 0.4) is 0 Å². The highest BCUT2D eigenvalue weighted by molar-refractivity contribution is 7.14. The maximum absolute atomic E-state index is 14.2. The minimum Gasteiger partial charge on any atom is -0.348 e. The van der Waals surface area contributed by atoms with Crippen LogP contribution >= 0.6 is 11.3 Å². The van der Waals surface area contributed by atoms with E-state index in [0.717, 1.165) is 30.9 Å². The molecule has 2 aromatic rings. The average molecular weight is 320 g/mol. The van der Waals surface area contributed by atoms with Gasteiger partial charge in [0.25, 0.3) is 5.91 Å². The van der Waals surface area contributed by atoms with E-state index in [1.807, 2.05) is 6.92 Å². The average Bonchev–Trinajstić information content (AvgIpc) is 2.94. The molecule has 0 bridgehead atoms. The summed E-state index contributed by atoms with van der Waals surface area (Å²) in [5, 5.41) is 15.5. The minimum absolute atomic E-state index is 0.0612. The number of nitrogens with zero attached hydrogens (tertiary/aromatic N) is 2. The zero-order valence-electron chi connectivity index (χ0n) is 12.2. The fraction of sp³-hybridized carbons (Fsp3) is 0.400. The Balaban J connectivity index is 1.75. The summed E-state index contributed by atoms with van der Waals surface area (Å²) in [7, 11) is 0. The minimum atomic E-state index is -0.536. The third kappa shape index (κ3) is 3.31. The summed E-state index contributed by atoms with van der Waals surface area (Å²) in [6.07, 6.45) is 1.94. The van der Waals surface area contributed by atoms with Crippen LogP contribution in [0.1, 0.15) is 28.2 Å². The lowest BCUT2D eigenvalue weighted by Crippen LogP contribution is -2.45. The molecule has 1 atom stereocenters. The number of hydrogen-bond donors (Lipinski definition) is 2. The van der Waals surface area contributed by atoms with Crippen molar-refractivity contribution in [1.82, 2.24) is 20.8 Å². The summed E-state index contributed by atoms with van der Waals surface area (Å²) in [4.78, 5) is 12.2. The molecule has 0 saturated carbocycles. The standard InChI is InChI=1S/C15H17FN4OS/c1-9-19-20-15(22-9)10-4-5-12(13(16)7-10)14(21)18-11-3-2-6-17-8-11/h4-5,7,11,17H,2-3,6,8H2,1H3,(H,18,21)/t11-/m1/s1. The van der Waals surface area contributed by atoms with Crippen molar-refractivity contribution < 1.29 is 9.18 Å². The zero-order valence-corrected chi connectivity index (χ0v) is 13.0. The lowest BCUT2D eigenvalue weighted by molar-refractivity contribution is 0.0926. The highest BCUT2D eigenvalue weighted by Crippen LogP contribution is 2.25. The molecule has 3 rings (SSSR count). The van der Waals surface area contributed by atoms with Crippen molar-refractivity contribution in [2.24, 2.45) is 0 Å². The molecule has 0 aliphatic carbocycles. The van der Waals surface area contributed by atoms with E-state index in [1.165, 1.54) is 23.5 Å². The van der Waals surface area contributed by atoms with E-state index in [1.54, 1.807) is 6.07 Å². The van der Waals surface area contributed by atoms with Gasteiger partial charge in [0, 0.05) is 18.2 Å². The first-order chi connectivity index (χ1) is 10.6. The molecule has 1 aromatic heterocycles. The van der Waals surface area contributed by atoms with Crippen LogP contribution in [-0.4, -0.2) is 35.2 Å². The fourth-order valence-corrected chi connectivity index (χ4v) is 3.17. The molecule has 7 heteroatoms. The van der Waals surface area contributed by atoms with Gasteiger partial charge in [0.05, 0.1) is 5.56 Å². The molecule has 22 heavy (non-hydrogen) atoms. The Morgan fingerprint density at radius 2 is 2.32 bits per heavy atom. The topological polar surface area (TPSA) is 66.9 Å². The van der Waals surface area contributed by atoms with Crippen molar-refractivity contribution in [2.45, 2.75) is 25.8 Å². The lowest BCUT2D eigenvalue weighted by atomic mass is 10.1. The Morgan fingerprint density at radius 1 is 1.45 bits per heavy atom. The van der Waals surface area contributed by atoms with Crippen molar-refractivity contribution in [1.29, 1.82) is 0 Å². The van der Waals surface area contributed by atoms with Gasteiger partial charge >= 0.3 is 0 Å². The van der Waals surface area contributed by atoms with Gasteiger partial charge in [0.15, 0.2) is 0 Å². The number of amides is 1. The molecule has 0 unspecified atom stereocenters. The third-order valence-electron chi connectivity index (χ3n) is 3.62. The number of aryl methyl sites for hydroxylation is 1. The molecule has 0 spiro atoms. The van der Waals surface area contributed by atoms with Crippen LogP contribution in [0.2, 0.25) is 0 Å². The van der Waals surface area contributed by atoms with Gasteiger partial charge in [-0.1, -0.05) is 17.4 Å². The molecule has 1 aromatic carbocycles. The summed E-state index contributed by atoms with van der Waals surface area (Å²) in [6, 6.07) is 4.61. The Bertz CT molecular complexity index is 682. The van der Waals surface area contributed by atoms with Gasteiger partial charge in [-0.3, -0.25) is 4.79 Å². The summed E-state index contributed by atoms with van der Waals surface area (Å²) in [5.41, 5.74) is 0.703. The van der Waals surface area contributed by atoms with Crippen molar-refractivity contribution in [2.75, 3.05) is 13.1 Å². The number of carbonyl (C=O) groups is 1. The number of nitrogens with one attached hydrogen (secondary N) is 2. The molecule has 1 aliphatic rings. The van der Waals surface area contributed by atoms with Gasteiger partial charge in [-0.25, -0.2) is 4.39 Å². The Morgan fingerprint density at radius 3 is 2.95 bits per heavy atom. The first-order valence-electron chi connectivity index (χ1n) is 7.25. The molecular weight excluding hydrogens is 303 g/mol. The second kappa shape index (κ2) is 6.50. The van der Waals surface area contributed by atoms with Crippen LogP contribution in [0, 0.1) is 12.7 Å². The molecule has 1 amide bonds. The van der Waals surface area contributed by atoms with Crippen LogP contribution < -0.4 is 10.6 Å². The summed E-state index contributed by atoms with van der Waals surface area (Å²) in [5.74, 6) is -0.905. The fourth-order valence-electron chi connectivity index (χ4n) is 2.48. The molecule has 5 nitrogen and oxygen atoms in total. The van der Waals surface area contributed by atoms with E-state index in [0.29, 0.717) is 10.6 Å². The van der Waals surface area contributed by atoms with Crippen LogP contribution in [0.5, 0.6) is 0 Å². The normalized spacial score (nSPS) is 18.2. The van der Waals surface area contributed by atoms with E-state index < -0.39 is 5.82 Å². The third-order valence-corrected chi connectivity index (χ3v) is 4.51. The molecule has 116 valence electrons. The highest BCUT2D eigenvalue weighted by atomic mass is 32.1. The van der Waals surface area contributed by atoms with E-state index in [2.05, 4.69) is 20.8 Å². The Labute approximate surface area is 132 Å². The van der Waals surface area contributed by atoms with Crippen LogP contribution in [-0.2, 0) is 0 Å². The molecule has 2 heterocycles. The van der Waals surface area contributed by atoms with Crippen LogP contribution in [0.15, 0.2) is 18.2 Å². The van der Waals surface area contributed by atoms with E-state index >= 15 is 0 Å². The molecular formula is C15H17FN4OS. The second-order valence-corrected chi connectivity index (χ2v) is 6.52. The molecule has 1 aliphatic heterocycles. The number of piperidine rings is 1. The van der Waals surface area contributed by atoms with Crippen LogP contribution in [0.25, 0.3) is 10.6 Å². The number of aromatic nitrogens is 2. The van der Waals surface area contributed by atoms with Crippen molar-refractivity contribution >= 4 is 17.2 Å². The lowest BCUT2D eigenvalue weighted by Gasteiger charge is -2.23. The van der Waals surface area contributed by atoms with Crippen molar-refractivity contribution in [3.63, 3.8) is 0 Å². The number of halogens is 1. The Hall–Kier alpha value is -1.86. The smallest absolute Gasteiger partial charge is 0.254 e. The summed E-state index contributed by atoms with van der Waals surface area (Å²) < 4.78 is 14.2. The summed E-state index contributed by atoms with van der Waals surface area (Å²) in [6.45, 7) is 3.55. The Kier molecular flexibility index (Phi) is 4.44. The quantitative estimate of drug-likeness (QED) is 0.909.